The Morgan fingerprint density at radius 1 is 1.03 bits per heavy atom. The van der Waals surface area contributed by atoms with E-state index in [1.165, 1.54) is 38.2 Å². The van der Waals surface area contributed by atoms with E-state index in [1.807, 2.05) is 12.1 Å². The van der Waals surface area contributed by atoms with Gasteiger partial charge >= 0.3 is 5.97 Å². The van der Waals surface area contributed by atoms with Crippen LogP contribution in [-0.4, -0.2) is 31.8 Å². The molecule has 0 bridgehead atoms. The molecule has 0 heterocycles. The number of benzene rings is 2. The molecule has 0 aliphatic carbocycles. The monoisotopic (exact) mass is 423 g/mol. The van der Waals surface area contributed by atoms with Crippen LogP contribution in [0.2, 0.25) is 0 Å². The van der Waals surface area contributed by atoms with Gasteiger partial charge in [0.05, 0.1) is 7.11 Å². The van der Waals surface area contributed by atoms with Crippen molar-refractivity contribution in [2.75, 3.05) is 20.8 Å². The molecule has 0 aromatic heterocycles. The molecule has 0 aliphatic rings. The number of halogens is 2. The second-order valence-electron chi connectivity index (χ2n) is 6.67. The van der Waals surface area contributed by atoms with E-state index in [9.17, 15) is 13.6 Å². The average Bonchev–Trinajstić information content (AvgIpc) is 2.77. The van der Waals surface area contributed by atoms with Gasteiger partial charge in [-0.15, -0.1) is 0 Å². The molecule has 0 radical (unpaired) electrons. The van der Waals surface area contributed by atoms with Gasteiger partial charge in [-0.25, -0.2) is 8.78 Å². The molecule has 6 heteroatoms. The van der Waals surface area contributed by atoms with Crippen LogP contribution >= 0.6 is 0 Å². The van der Waals surface area contributed by atoms with E-state index in [-0.39, 0.29) is 17.6 Å². The smallest absolute Gasteiger partial charge is 0.305 e. The number of aryl methyl sites for hydroxylation is 2. The number of methoxy groups -OCH3 is 1. The molecule has 0 amide bonds. The van der Waals surface area contributed by atoms with Crippen molar-refractivity contribution < 1.29 is 23.4 Å². The van der Waals surface area contributed by atoms with Gasteiger partial charge in [-0.05, 0) is 67.6 Å². The first-order valence-corrected chi connectivity index (χ1v) is 10.2. The molecular weight excluding hydrogens is 388 g/mol. The molecule has 0 fully saturated rings. The van der Waals surface area contributed by atoms with Gasteiger partial charge in [0.25, 0.3) is 0 Å². The zero-order valence-electron chi connectivity index (χ0n) is 18.5. The fraction of sp³-hybridized carbons (Fsp3) is 0.458. The molecule has 0 atom stereocenters. The predicted molar refractivity (Wildman–Crippen MR) is 117 cm³/mol. The maximum absolute atomic E-state index is 12.9. The standard InChI is InChI=1S/C12H18FN.C11H13FO2.CH4O/c1-3-4-7-14-9-11-5-6-12(13)10(2)8-11;1-14-11(13)4-2-3-9-5-7-10(12)8-6-9;1-2/h5-6,8,14H,3-4,7,9H2,1-2H3;5-8H,2-4H2,1H3;2H,1H3. The lowest BCUT2D eigenvalue weighted by molar-refractivity contribution is -0.140. The SMILES string of the molecule is CCCCNCc1ccc(F)c(C)c1.CO.COC(=O)CCCc1ccc(F)cc1. The number of esters is 1. The van der Waals surface area contributed by atoms with Crippen molar-refractivity contribution in [1.29, 1.82) is 0 Å². The number of aliphatic hydroxyl groups is 1. The van der Waals surface area contributed by atoms with Crippen LogP contribution in [0.15, 0.2) is 42.5 Å². The summed E-state index contributed by atoms with van der Waals surface area (Å²) >= 11 is 0. The quantitative estimate of drug-likeness (QED) is 0.442. The summed E-state index contributed by atoms with van der Waals surface area (Å²) in [5.74, 6) is -0.559. The third-order valence-corrected chi connectivity index (χ3v) is 4.25. The molecule has 4 nitrogen and oxygen atoms in total. The first-order chi connectivity index (χ1) is 14.5. The third-order valence-electron chi connectivity index (χ3n) is 4.25. The summed E-state index contributed by atoms with van der Waals surface area (Å²) in [4.78, 5) is 10.8. The zero-order valence-corrected chi connectivity index (χ0v) is 18.5. The molecule has 0 unspecified atom stereocenters. The molecule has 0 spiro atoms. The van der Waals surface area contributed by atoms with Crippen molar-refractivity contribution in [2.24, 2.45) is 0 Å². The Bertz CT molecular complexity index is 706. The number of carbonyl (C=O) groups excluding carboxylic acids is 1. The van der Waals surface area contributed by atoms with Gasteiger partial charge in [-0.3, -0.25) is 4.79 Å². The van der Waals surface area contributed by atoms with Crippen LogP contribution in [0, 0.1) is 18.6 Å². The minimum atomic E-state index is -0.235. The molecule has 2 rings (SSSR count). The highest BCUT2D eigenvalue weighted by molar-refractivity contribution is 5.69. The normalized spacial score (nSPS) is 9.70. The fourth-order valence-electron chi connectivity index (χ4n) is 2.54. The zero-order chi connectivity index (χ0) is 22.8. The van der Waals surface area contributed by atoms with Crippen LogP contribution in [0.5, 0.6) is 0 Å². The Labute approximate surface area is 179 Å². The molecule has 0 saturated heterocycles. The number of hydrogen-bond acceptors (Lipinski definition) is 4. The first kappa shape index (κ1) is 27.7. The van der Waals surface area contributed by atoms with Crippen molar-refractivity contribution in [3.05, 3.63) is 70.8 Å². The van der Waals surface area contributed by atoms with E-state index in [0.29, 0.717) is 6.42 Å². The lowest BCUT2D eigenvalue weighted by Crippen LogP contribution is -2.14. The minimum absolute atomic E-state index is 0.123. The summed E-state index contributed by atoms with van der Waals surface area (Å²) in [6.45, 7) is 5.84. The third kappa shape index (κ3) is 13.0. The highest BCUT2D eigenvalue weighted by atomic mass is 19.1. The lowest BCUT2D eigenvalue weighted by atomic mass is 10.1. The van der Waals surface area contributed by atoms with Crippen LogP contribution in [0.1, 0.15) is 49.3 Å². The van der Waals surface area contributed by atoms with Crippen LogP contribution in [0.3, 0.4) is 0 Å². The van der Waals surface area contributed by atoms with Gasteiger partial charge in [0.1, 0.15) is 11.6 Å². The Hall–Kier alpha value is -2.31. The van der Waals surface area contributed by atoms with E-state index < -0.39 is 0 Å². The van der Waals surface area contributed by atoms with Gasteiger partial charge in [-0.2, -0.15) is 0 Å². The molecule has 30 heavy (non-hydrogen) atoms. The second-order valence-corrected chi connectivity index (χ2v) is 6.67. The summed E-state index contributed by atoms with van der Waals surface area (Å²) in [6.07, 6.45) is 4.32. The molecular formula is C24H35F2NO3. The number of nitrogens with one attached hydrogen (secondary N) is 1. The van der Waals surface area contributed by atoms with Crippen LogP contribution in [-0.2, 0) is 22.5 Å². The number of unbranched alkanes of at least 4 members (excludes halogenated alkanes) is 1. The number of hydrogen-bond donors (Lipinski definition) is 2. The molecule has 0 aliphatic heterocycles. The minimum Gasteiger partial charge on any atom is -0.469 e. The van der Waals surface area contributed by atoms with Crippen molar-refractivity contribution in [2.45, 2.75) is 52.5 Å². The highest BCUT2D eigenvalue weighted by Crippen LogP contribution is 2.09. The van der Waals surface area contributed by atoms with Gasteiger partial charge in [0.2, 0.25) is 0 Å². The lowest BCUT2D eigenvalue weighted by Gasteiger charge is -2.05. The maximum atomic E-state index is 12.9. The Kier molecular flexibility index (Phi) is 16.2. The maximum Gasteiger partial charge on any atom is 0.305 e. The Balaban J connectivity index is 0.000000518. The Morgan fingerprint density at radius 2 is 1.67 bits per heavy atom. The largest absolute Gasteiger partial charge is 0.469 e. The fourth-order valence-corrected chi connectivity index (χ4v) is 2.54. The average molecular weight is 424 g/mol. The van der Waals surface area contributed by atoms with E-state index in [2.05, 4.69) is 17.0 Å². The summed E-state index contributed by atoms with van der Waals surface area (Å²) in [7, 11) is 2.38. The second kappa shape index (κ2) is 17.5. The summed E-state index contributed by atoms with van der Waals surface area (Å²) < 4.78 is 29.9. The molecule has 0 saturated carbocycles. The van der Waals surface area contributed by atoms with Crippen molar-refractivity contribution in [3.63, 3.8) is 0 Å². The molecule has 2 aromatic rings. The number of ether oxygens (including phenoxy) is 1. The van der Waals surface area contributed by atoms with Gasteiger partial charge in [-0.1, -0.05) is 37.6 Å². The Morgan fingerprint density at radius 3 is 2.23 bits per heavy atom. The number of aliphatic hydroxyl groups excluding tert-OH is 1. The van der Waals surface area contributed by atoms with Crippen LogP contribution < -0.4 is 5.32 Å². The van der Waals surface area contributed by atoms with Gasteiger partial charge in [0.15, 0.2) is 0 Å². The molecule has 168 valence electrons. The molecule has 2 aromatic carbocycles. The van der Waals surface area contributed by atoms with Crippen LogP contribution in [0.25, 0.3) is 0 Å². The number of carbonyl (C=O) groups is 1. The van der Waals surface area contributed by atoms with Gasteiger partial charge in [0, 0.05) is 20.1 Å². The molecule has 2 N–H and O–H groups in total. The number of rotatable bonds is 9. The summed E-state index contributed by atoms with van der Waals surface area (Å²) in [5.41, 5.74) is 2.91. The predicted octanol–water partition coefficient (Wildman–Crippen LogP) is 4.95. The van der Waals surface area contributed by atoms with Crippen molar-refractivity contribution in [1.82, 2.24) is 5.32 Å². The summed E-state index contributed by atoms with van der Waals surface area (Å²) in [5, 5.41) is 10.3. The highest BCUT2D eigenvalue weighted by Gasteiger charge is 2.00. The first-order valence-electron chi connectivity index (χ1n) is 10.2. The van der Waals surface area contributed by atoms with E-state index in [1.54, 1.807) is 19.1 Å². The van der Waals surface area contributed by atoms with E-state index in [4.69, 9.17) is 5.11 Å². The van der Waals surface area contributed by atoms with Crippen LogP contribution in [0.4, 0.5) is 8.78 Å². The summed E-state index contributed by atoms with van der Waals surface area (Å²) in [6, 6.07) is 11.6. The topological polar surface area (TPSA) is 58.6 Å². The van der Waals surface area contributed by atoms with E-state index in [0.717, 1.165) is 49.7 Å². The van der Waals surface area contributed by atoms with Gasteiger partial charge < -0.3 is 15.2 Å². The van der Waals surface area contributed by atoms with Crippen molar-refractivity contribution in [3.8, 4) is 0 Å². The van der Waals surface area contributed by atoms with E-state index >= 15 is 0 Å². The van der Waals surface area contributed by atoms with Crippen molar-refractivity contribution >= 4 is 5.97 Å².